The number of nitrogens with zero attached hydrogens (tertiary/aromatic N) is 5. The van der Waals surface area contributed by atoms with Crippen molar-refractivity contribution in [3.05, 3.63) is 35.1 Å². The van der Waals surface area contributed by atoms with Crippen LogP contribution in [-0.2, 0) is 0 Å². The molecule has 1 aliphatic heterocycles. The molecule has 1 aliphatic rings. The Morgan fingerprint density at radius 2 is 2.17 bits per heavy atom. The number of nitrogens with one attached hydrogen (secondary N) is 1. The second-order valence-corrected chi connectivity index (χ2v) is 6.12. The molecule has 1 fully saturated rings. The van der Waals surface area contributed by atoms with E-state index in [4.69, 9.17) is 11.6 Å². The fraction of sp³-hybridized carbons (Fsp3) is 0.467. The summed E-state index contributed by atoms with van der Waals surface area (Å²) in [5.41, 5.74) is 1.25. The molecule has 122 valence electrons. The summed E-state index contributed by atoms with van der Waals surface area (Å²) in [6.45, 7) is 2.55. The Kier molecular flexibility index (Phi) is 4.88. The summed E-state index contributed by atoms with van der Waals surface area (Å²) < 4.78 is 1.50. The summed E-state index contributed by atoms with van der Waals surface area (Å²) >= 11 is 6.30. The molecular weight excluding hydrogens is 316 g/mol. The number of aromatic nitrogens is 4. The smallest absolute Gasteiger partial charge is 0.255 e. The van der Waals surface area contributed by atoms with Crippen LogP contribution in [0.2, 0.25) is 5.02 Å². The van der Waals surface area contributed by atoms with Crippen LogP contribution in [0.1, 0.15) is 23.2 Å². The van der Waals surface area contributed by atoms with Crippen LogP contribution in [0.4, 0.5) is 0 Å². The zero-order valence-corrected chi connectivity index (χ0v) is 13.7. The lowest BCUT2D eigenvalue weighted by Crippen LogP contribution is -2.40. The van der Waals surface area contributed by atoms with E-state index < -0.39 is 0 Å². The third-order valence-electron chi connectivity index (χ3n) is 4.19. The van der Waals surface area contributed by atoms with Crippen molar-refractivity contribution in [2.24, 2.45) is 5.92 Å². The van der Waals surface area contributed by atoms with E-state index in [-0.39, 0.29) is 5.91 Å². The number of rotatable bonds is 4. The molecule has 0 spiro atoms. The minimum absolute atomic E-state index is 0.0128. The van der Waals surface area contributed by atoms with Crippen LogP contribution in [0.5, 0.6) is 0 Å². The number of benzene rings is 1. The molecule has 2 heterocycles. The molecule has 0 saturated carbocycles. The van der Waals surface area contributed by atoms with Crippen LogP contribution in [0.25, 0.3) is 5.69 Å². The second kappa shape index (κ2) is 7.06. The average Bonchev–Trinajstić information content (AvgIpc) is 3.10. The van der Waals surface area contributed by atoms with Gasteiger partial charge in [0.15, 0.2) is 0 Å². The first-order valence-corrected chi connectivity index (χ1v) is 8.03. The van der Waals surface area contributed by atoms with Gasteiger partial charge in [-0.15, -0.1) is 5.10 Å². The first-order valence-electron chi connectivity index (χ1n) is 7.66. The molecule has 23 heavy (non-hydrogen) atoms. The summed E-state index contributed by atoms with van der Waals surface area (Å²) in [5, 5.41) is 14.6. The molecule has 1 saturated heterocycles. The van der Waals surface area contributed by atoms with Gasteiger partial charge in [0.05, 0.1) is 16.3 Å². The summed E-state index contributed by atoms with van der Waals surface area (Å²) in [4.78, 5) is 14.5. The third-order valence-corrected chi connectivity index (χ3v) is 4.50. The molecule has 7 nitrogen and oxygen atoms in total. The zero-order valence-electron chi connectivity index (χ0n) is 12.9. The highest BCUT2D eigenvalue weighted by molar-refractivity contribution is 6.34. The van der Waals surface area contributed by atoms with Crippen LogP contribution >= 0.6 is 11.6 Å². The van der Waals surface area contributed by atoms with Gasteiger partial charge >= 0.3 is 0 Å². The maximum atomic E-state index is 12.7. The Bertz CT molecular complexity index is 667. The van der Waals surface area contributed by atoms with Crippen molar-refractivity contribution in [3.63, 3.8) is 0 Å². The molecule has 0 bridgehead atoms. The molecule has 0 atom stereocenters. The lowest BCUT2D eigenvalue weighted by atomic mass is 9.96. The Hall–Kier alpha value is -1.99. The number of tetrazole rings is 1. The van der Waals surface area contributed by atoms with E-state index in [1.807, 2.05) is 11.9 Å². The van der Waals surface area contributed by atoms with Crippen LogP contribution in [0, 0.1) is 5.92 Å². The number of amides is 1. The quantitative estimate of drug-likeness (QED) is 0.914. The normalized spacial score (nSPS) is 15.8. The number of halogens is 1. The Morgan fingerprint density at radius 1 is 1.39 bits per heavy atom. The maximum Gasteiger partial charge on any atom is 0.255 e. The van der Waals surface area contributed by atoms with E-state index in [9.17, 15) is 4.79 Å². The van der Waals surface area contributed by atoms with Crippen LogP contribution < -0.4 is 5.32 Å². The van der Waals surface area contributed by atoms with Crippen LogP contribution in [-0.4, -0.2) is 57.7 Å². The van der Waals surface area contributed by atoms with Gasteiger partial charge in [-0.2, -0.15) is 0 Å². The highest BCUT2D eigenvalue weighted by Gasteiger charge is 2.24. The van der Waals surface area contributed by atoms with E-state index in [1.54, 1.807) is 18.2 Å². The van der Waals surface area contributed by atoms with Gasteiger partial charge in [0, 0.05) is 13.1 Å². The molecule has 1 aromatic heterocycles. The number of likely N-dealkylation sites (tertiary alicyclic amines) is 1. The summed E-state index contributed by atoms with van der Waals surface area (Å²) in [5.74, 6) is 0.628. The summed E-state index contributed by atoms with van der Waals surface area (Å²) in [7, 11) is 1.96. The molecular formula is C15H19ClN6O. The van der Waals surface area contributed by atoms with Gasteiger partial charge in [-0.3, -0.25) is 4.79 Å². The molecule has 0 aliphatic carbocycles. The molecule has 2 aromatic rings. The van der Waals surface area contributed by atoms with Crippen molar-refractivity contribution in [2.75, 3.05) is 26.7 Å². The maximum absolute atomic E-state index is 12.7. The molecule has 3 rings (SSSR count). The Balaban J connectivity index is 1.71. The standard InChI is InChI=1S/C15H19ClN6O/c1-17-9-11-4-6-21(7-5-11)15(23)13-3-2-12(8-14(13)16)22-10-18-19-20-22/h2-3,8,10-11,17H,4-7,9H2,1H3. The molecule has 1 amide bonds. The molecule has 0 radical (unpaired) electrons. The first-order chi connectivity index (χ1) is 11.2. The van der Waals surface area contributed by atoms with E-state index in [1.165, 1.54) is 11.0 Å². The van der Waals surface area contributed by atoms with E-state index >= 15 is 0 Å². The third kappa shape index (κ3) is 3.51. The van der Waals surface area contributed by atoms with Gasteiger partial charge in [0.2, 0.25) is 0 Å². The minimum atomic E-state index is -0.0128. The van der Waals surface area contributed by atoms with E-state index in [0.717, 1.165) is 38.2 Å². The van der Waals surface area contributed by atoms with Gasteiger partial charge in [0.1, 0.15) is 6.33 Å². The number of hydrogen-bond donors (Lipinski definition) is 1. The molecule has 1 N–H and O–H groups in total. The highest BCUT2D eigenvalue weighted by Crippen LogP contribution is 2.24. The number of hydrogen-bond acceptors (Lipinski definition) is 5. The summed E-state index contributed by atoms with van der Waals surface area (Å²) in [6, 6.07) is 5.24. The number of piperidine rings is 1. The van der Waals surface area contributed by atoms with Gasteiger partial charge in [-0.25, -0.2) is 4.68 Å². The van der Waals surface area contributed by atoms with Crippen LogP contribution in [0.3, 0.4) is 0 Å². The zero-order chi connectivity index (χ0) is 16.2. The highest BCUT2D eigenvalue weighted by atomic mass is 35.5. The second-order valence-electron chi connectivity index (χ2n) is 5.71. The Morgan fingerprint density at radius 3 is 2.78 bits per heavy atom. The van der Waals surface area contributed by atoms with Gasteiger partial charge in [0.25, 0.3) is 5.91 Å². The van der Waals surface area contributed by atoms with Crippen LogP contribution in [0.15, 0.2) is 24.5 Å². The van der Waals surface area contributed by atoms with Crippen molar-refractivity contribution in [2.45, 2.75) is 12.8 Å². The van der Waals surface area contributed by atoms with Crippen molar-refractivity contribution in [1.82, 2.24) is 30.4 Å². The summed E-state index contributed by atoms with van der Waals surface area (Å²) in [6.07, 6.45) is 3.53. The number of carbonyl (C=O) groups is 1. The van der Waals surface area contributed by atoms with Crippen molar-refractivity contribution >= 4 is 17.5 Å². The predicted molar refractivity (Wildman–Crippen MR) is 86.7 cm³/mol. The Labute approximate surface area is 139 Å². The fourth-order valence-corrected chi connectivity index (χ4v) is 3.15. The van der Waals surface area contributed by atoms with Gasteiger partial charge < -0.3 is 10.2 Å². The number of carbonyl (C=O) groups excluding carboxylic acids is 1. The SMILES string of the molecule is CNCC1CCN(C(=O)c2ccc(-n3cnnn3)cc2Cl)CC1. The molecule has 0 unspecified atom stereocenters. The van der Waals surface area contributed by atoms with E-state index in [0.29, 0.717) is 16.5 Å². The topological polar surface area (TPSA) is 75.9 Å². The largest absolute Gasteiger partial charge is 0.339 e. The first kappa shape index (κ1) is 15.9. The average molecular weight is 335 g/mol. The van der Waals surface area contributed by atoms with Crippen molar-refractivity contribution in [3.8, 4) is 5.69 Å². The van der Waals surface area contributed by atoms with Gasteiger partial charge in [-0.1, -0.05) is 11.6 Å². The van der Waals surface area contributed by atoms with Gasteiger partial charge in [-0.05, 0) is 61.0 Å². The fourth-order valence-electron chi connectivity index (χ4n) is 2.90. The van der Waals surface area contributed by atoms with Crippen molar-refractivity contribution in [1.29, 1.82) is 0 Å². The van der Waals surface area contributed by atoms with E-state index in [2.05, 4.69) is 20.8 Å². The molecule has 8 heteroatoms. The minimum Gasteiger partial charge on any atom is -0.339 e. The lowest BCUT2D eigenvalue weighted by molar-refractivity contribution is 0.0691. The predicted octanol–water partition coefficient (Wildman–Crippen LogP) is 1.39. The lowest BCUT2D eigenvalue weighted by Gasteiger charge is -2.32. The molecule has 1 aromatic carbocycles. The monoisotopic (exact) mass is 334 g/mol. The van der Waals surface area contributed by atoms with Crippen molar-refractivity contribution < 1.29 is 4.79 Å².